The first-order valence-corrected chi connectivity index (χ1v) is 8.81. The minimum Gasteiger partial charge on any atom is -0.339 e. The molecule has 1 aliphatic heterocycles. The van der Waals surface area contributed by atoms with E-state index in [-0.39, 0.29) is 11.8 Å². The topological polar surface area (TPSA) is 66.6 Å². The first-order chi connectivity index (χ1) is 11.4. The Morgan fingerprint density at radius 3 is 2.29 bits per heavy atom. The molecule has 6 heteroatoms. The van der Waals surface area contributed by atoms with E-state index in [1.165, 1.54) is 0 Å². The van der Waals surface area contributed by atoms with Crippen LogP contribution in [0.25, 0.3) is 0 Å². The fourth-order valence-corrected chi connectivity index (χ4v) is 3.14. The number of benzene rings is 1. The lowest BCUT2D eigenvalue weighted by molar-refractivity contribution is -0.140. The standard InChI is InChI=1S/C18H26ClN3O2/c1-13(2)11-16(20)18(24)22-9-7-21(8-10-22)17(23)12-14-5-3-4-6-15(14)19/h3-6,13,16H,7-12,20H2,1-2H3/t16-/m0/s1. The number of hydrogen-bond donors (Lipinski definition) is 1. The second-order valence-electron chi connectivity index (χ2n) is 6.71. The highest BCUT2D eigenvalue weighted by atomic mass is 35.5. The zero-order valence-electron chi connectivity index (χ0n) is 14.4. The molecule has 0 aromatic heterocycles. The molecule has 0 unspecified atom stereocenters. The van der Waals surface area contributed by atoms with E-state index in [2.05, 4.69) is 13.8 Å². The Morgan fingerprint density at radius 1 is 1.12 bits per heavy atom. The molecule has 1 saturated heterocycles. The Kier molecular flexibility index (Phi) is 6.63. The van der Waals surface area contributed by atoms with Gasteiger partial charge in [0.15, 0.2) is 0 Å². The van der Waals surface area contributed by atoms with Crippen LogP contribution in [0.4, 0.5) is 0 Å². The van der Waals surface area contributed by atoms with Crippen molar-refractivity contribution in [3.8, 4) is 0 Å². The molecule has 0 radical (unpaired) electrons. The fourth-order valence-electron chi connectivity index (χ4n) is 2.94. The van der Waals surface area contributed by atoms with Gasteiger partial charge in [0.25, 0.3) is 0 Å². The van der Waals surface area contributed by atoms with Gasteiger partial charge in [0.05, 0.1) is 12.5 Å². The highest BCUT2D eigenvalue weighted by molar-refractivity contribution is 6.31. The molecule has 1 atom stereocenters. The van der Waals surface area contributed by atoms with Crippen LogP contribution < -0.4 is 5.73 Å². The van der Waals surface area contributed by atoms with Crippen molar-refractivity contribution in [2.75, 3.05) is 26.2 Å². The van der Waals surface area contributed by atoms with E-state index in [1.54, 1.807) is 15.9 Å². The van der Waals surface area contributed by atoms with Crippen molar-refractivity contribution in [2.45, 2.75) is 32.7 Å². The van der Waals surface area contributed by atoms with Gasteiger partial charge in [-0.05, 0) is 24.0 Å². The lowest BCUT2D eigenvalue weighted by atomic mass is 10.0. The number of carbonyl (C=O) groups excluding carboxylic acids is 2. The monoisotopic (exact) mass is 351 g/mol. The highest BCUT2D eigenvalue weighted by Crippen LogP contribution is 2.17. The van der Waals surface area contributed by atoms with Crippen LogP contribution in [0, 0.1) is 5.92 Å². The molecule has 24 heavy (non-hydrogen) atoms. The second-order valence-corrected chi connectivity index (χ2v) is 7.12. The molecule has 1 aliphatic rings. The Morgan fingerprint density at radius 2 is 1.71 bits per heavy atom. The lowest BCUT2D eigenvalue weighted by Gasteiger charge is -2.36. The minimum absolute atomic E-state index is 0.0121. The van der Waals surface area contributed by atoms with Crippen molar-refractivity contribution in [1.82, 2.24) is 9.80 Å². The van der Waals surface area contributed by atoms with Crippen LogP contribution in [0.5, 0.6) is 0 Å². The predicted octanol–water partition coefficient (Wildman–Crippen LogP) is 1.93. The van der Waals surface area contributed by atoms with E-state index in [0.29, 0.717) is 50.0 Å². The van der Waals surface area contributed by atoms with Crippen LogP contribution in [0.15, 0.2) is 24.3 Å². The maximum absolute atomic E-state index is 12.4. The fraction of sp³-hybridized carbons (Fsp3) is 0.556. The van der Waals surface area contributed by atoms with Gasteiger partial charge in [0.1, 0.15) is 0 Å². The summed E-state index contributed by atoms with van der Waals surface area (Å²) in [6.07, 6.45) is 0.977. The van der Waals surface area contributed by atoms with E-state index in [9.17, 15) is 9.59 Å². The van der Waals surface area contributed by atoms with E-state index in [4.69, 9.17) is 17.3 Å². The average Bonchev–Trinajstić information content (AvgIpc) is 2.55. The molecule has 0 aliphatic carbocycles. The van der Waals surface area contributed by atoms with Crippen LogP contribution >= 0.6 is 11.6 Å². The SMILES string of the molecule is CC(C)C[C@H](N)C(=O)N1CCN(C(=O)Cc2ccccc2Cl)CC1. The summed E-state index contributed by atoms with van der Waals surface area (Å²) >= 11 is 6.11. The smallest absolute Gasteiger partial charge is 0.239 e. The molecule has 1 heterocycles. The first kappa shape index (κ1) is 18.7. The van der Waals surface area contributed by atoms with Crippen LogP contribution in [-0.4, -0.2) is 53.8 Å². The van der Waals surface area contributed by atoms with Crippen molar-refractivity contribution >= 4 is 23.4 Å². The minimum atomic E-state index is -0.449. The number of nitrogens with zero attached hydrogens (tertiary/aromatic N) is 2. The number of carbonyl (C=O) groups is 2. The van der Waals surface area contributed by atoms with Gasteiger partial charge in [-0.1, -0.05) is 43.6 Å². The quantitative estimate of drug-likeness (QED) is 0.881. The van der Waals surface area contributed by atoms with Gasteiger partial charge in [-0.2, -0.15) is 0 Å². The number of piperazine rings is 1. The highest BCUT2D eigenvalue weighted by Gasteiger charge is 2.27. The molecule has 1 aromatic carbocycles. The van der Waals surface area contributed by atoms with E-state index in [1.807, 2.05) is 18.2 Å². The molecular weight excluding hydrogens is 326 g/mol. The zero-order chi connectivity index (χ0) is 17.7. The lowest BCUT2D eigenvalue weighted by Crippen LogP contribution is -2.54. The van der Waals surface area contributed by atoms with E-state index < -0.39 is 6.04 Å². The van der Waals surface area contributed by atoms with Gasteiger partial charge in [-0.3, -0.25) is 9.59 Å². The van der Waals surface area contributed by atoms with Crippen LogP contribution in [0.2, 0.25) is 5.02 Å². The largest absolute Gasteiger partial charge is 0.339 e. The Hall–Kier alpha value is -1.59. The summed E-state index contributed by atoms with van der Waals surface area (Å²) < 4.78 is 0. The summed E-state index contributed by atoms with van der Waals surface area (Å²) in [4.78, 5) is 28.3. The predicted molar refractivity (Wildman–Crippen MR) is 95.7 cm³/mol. The number of halogens is 1. The van der Waals surface area contributed by atoms with Crippen LogP contribution in [0.3, 0.4) is 0 Å². The number of rotatable bonds is 5. The third-order valence-electron chi connectivity index (χ3n) is 4.29. The van der Waals surface area contributed by atoms with Crippen molar-refractivity contribution < 1.29 is 9.59 Å². The summed E-state index contributed by atoms with van der Waals surface area (Å²) in [5, 5.41) is 0.610. The summed E-state index contributed by atoms with van der Waals surface area (Å²) in [5.74, 6) is 0.422. The third-order valence-corrected chi connectivity index (χ3v) is 4.65. The van der Waals surface area contributed by atoms with Crippen molar-refractivity contribution in [2.24, 2.45) is 11.7 Å². The van der Waals surface area contributed by atoms with Crippen molar-refractivity contribution in [3.05, 3.63) is 34.9 Å². The number of amides is 2. The van der Waals surface area contributed by atoms with E-state index >= 15 is 0 Å². The molecule has 0 bridgehead atoms. The Labute approximate surface area is 148 Å². The number of nitrogens with two attached hydrogens (primary N) is 1. The Balaban J connectivity index is 1.85. The molecule has 0 saturated carbocycles. The molecule has 2 rings (SSSR count). The van der Waals surface area contributed by atoms with Crippen molar-refractivity contribution in [1.29, 1.82) is 0 Å². The van der Waals surface area contributed by atoms with E-state index in [0.717, 1.165) is 5.56 Å². The number of hydrogen-bond acceptors (Lipinski definition) is 3. The molecule has 0 spiro atoms. The molecule has 2 amide bonds. The maximum atomic E-state index is 12.4. The zero-order valence-corrected chi connectivity index (χ0v) is 15.1. The van der Waals surface area contributed by atoms with Gasteiger partial charge in [-0.25, -0.2) is 0 Å². The second kappa shape index (κ2) is 8.49. The van der Waals surface area contributed by atoms with Gasteiger partial charge >= 0.3 is 0 Å². The average molecular weight is 352 g/mol. The molecule has 132 valence electrons. The van der Waals surface area contributed by atoms with Gasteiger partial charge < -0.3 is 15.5 Å². The molecule has 2 N–H and O–H groups in total. The molecule has 5 nitrogen and oxygen atoms in total. The summed E-state index contributed by atoms with van der Waals surface area (Å²) in [5.41, 5.74) is 6.81. The maximum Gasteiger partial charge on any atom is 0.239 e. The summed E-state index contributed by atoms with van der Waals surface area (Å²) in [7, 11) is 0. The van der Waals surface area contributed by atoms with Crippen LogP contribution in [0.1, 0.15) is 25.8 Å². The molecule has 1 aromatic rings. The van der Waals surface area contributed by atoms with Gasteiger partial charge in [0.2, 0.25) is 11.8 Å². The summed E-state index contributed by atoms with van der Waals surface area (Å²) in [6.45, 7) is 6.28. The molecule has 1 fully saturated rings. The summed E-state index contributed by atoms with van der Waals surface area (Å²) in [6, 6.07) is 6.93. The normalized spacial score (nSPS) is 16.4. The van der Waals surface area contributed by atoms with Gasteiger partial charge in [-0.15, -0.1) is 0 Å². The Bertz CT molecular complexity index is 583. The first-order valence-electron chi connectivity index (χ1n) is 8.44. The molecular formula is C18H26ClN3O2. The van der Waals surface area contributed by atoms with Crippen LogP contribution in [-0.2, 0) is 16.0 Å². The third kappa shape index (κ3) is 4.95. The van der Waals surface area contributed by atoms with Crippen molar-refractivity contribution in [3.63, 3.8) is 0 Å². The van der Waals surface area contributed by atoms with Gasteiger partial charge in [0, 0.05) is 31.2 Å².